The van der Waals surface area contributed by atoms with Gasteiger partial charge in [0.1, 0.15) is 5.82 Å². The standard InChI is InChI=1S/C23H15FN2O5/c24-15-6-4-7-16(12-15)25-20(27)13-31-23(30)14-5-3-8-17(11-14)26-21(28)18-9-1-2-10-19(18)22(26)29/h1-12H,13H2,(H,25,27). The van der Waals surface area contributed by atoms with Gasteiger partial charge in [-0.3, -0.25) is 14.4 Å². The van der Waals surface area contributed by atoms with Crippen molar-refractivity contribution in [2.24, 2.45) is 0 Å². The molecule has 0 unspecified atom stereocenters. The van der Waals surface area contributed by atoms with Crippen molar-refractivity contribution in [3.63, 3.8) is 0 Å². The average Bonchev–Trinajstić information content (AvgIpc) is 3.02. The molecule has 0 radical (unpaired) electrons. The molecule has 0 aromatic heterocycles. The third-order valence-corrected chi connectivity index (χ3v) is 4.58. The van der Waals surface area contributed by atoms with Crippen LogP contribution in [0.5, 0.6) is 0 Å². The highest BCUT2D eigenvalue weighted by atomic mass is 19.1. The topological polar surface area (TPSA) is 92.8 Å². The van der Waals surface area contributed by atoms with Crippen molar-refractivity contribution >= 4 is 35.1 Å². The summed E-state index contributed by atoms with van der Waals surface area (Å²) in [5.74, 6) is -2.94. The predicted molar refractivity (Wildman–Crippen MR) is 109 cm³/mol. The van der Waals surface area contributed by atoms with Crippen molar-refractivity contribution in [3.05, 3.63) is 95.3 Å². The van der Waals surface area contributed by atoms with Gasteiger partial charge in [-0.1, -0.05) is 24.3 Å². The Hall–Kier alpha value is -4.33. The second-order valence-corrected chi connectivity index (χ2v) is 6.68. The number of imide groups is 1. The molecule has 0 aliphatic carbocycles. The van der Waals surface area contributed by atoms with E-state index in [-0.39, 0.29) is 28.1 Å². The molecule has 154 valence electrons. The summed E-state index contributed by atoms with van der Waals surface area (Å²) in [6.07, 6.45) is 0. The third-order valence-electron chi connectivity index (χ3n) is 4.58. The summed E-state index contributed by atoms with van der Waals surface area (Å²) in [6.45, 7) is -0.591. The molecule has 3 amide bonds. The highest BCUT2D eigenvalue weighted by molar-refractivity contribution is 6.34. The Labute approximate surface area is 176 Å². The van der Waals surface area contributed by atoms with Crippen LogP contribution < -0.4 is 10.2 Å². The second-order valence-electron chi connectivity index (χ2n) is 6.68. The maximum atomic E-state index is 13.2. The Morgan fingerprint density at radius 2 is 1.55 bits per heavy atom. The molecule has 7 nitrogen and oxygen atoms in total. The summed E-state index contributed by atoms with van der Waals surface area (Å²) >= 11 is 0. The molecule has 0 saturated heterocycles. The Bertz CT molecular complexity index is 1190. The zero-order chi connectivity index (χ0) is 22.0. The van der Waals surface area contributed by atoms with Crippen molar-refractivity contribution in [1.82, 2.24) is 0 Å². The molecule has 0 bridgehead atoms. The maximum absolute atomic E-state index is 13.2. The number of amides is 3. The third kappa shape index (κ3) is 4.04. The molecule has 0 saturated carbocycles. The van der Waals surface area contributed by atoms with E-state index in [1.807, 2.05) is 0 Å². The Morgan fingerprint density at radius 1 is 0.871 bits per heavy atom. The van der Waals surface area contributed by atoms with Crippen LogP contribution >= 0.6 is 0 Å². The Kier molecular flexibility index (Phi) is 5.28. The molecular weight excluding hydrogens is 403 g/mol. The fourth-order valence-corrected chi connectivity index (χ4v) is 3.17. The molecule has 4 rings (SSSR count). The largest absolute Gasteiger partial charge is 0.452 e. The number of carbonyl (C=O) groups is 4. The number of benzene rings is 3. The number of esters is 1. The van der Waals surface area contributed by atoms with E-state index in [4.69, 9.17) is 4.74 Å². The van der Waals surface area contributed by atoms with Crippen molar-refractivity contribution in [3.8, 4) is 0 Å². The summed E-state index contributed by atoms with van der Waals surface area (Å²) < 4.78 is 18.2. The lowest BCUT2D eigenvalue weighted by Gasteiger charge is -2.14. The first kappa shape index (κ1) is 20.0. The van der Waals surface area contributed by atoms with Crippen LogP contribution in [0, 0.1) is 5.82 Å². The Balaban J connectivity index is 1.44. The number of rotatable bonds is 5. The minimum Gasteiger partial charge on any atom is -0.452 e. The molecule has 0 spiro atoms. The molecule has 1 aliphatic rings. The highest BCUT2D eigenvalue weighted by Gasteiger charge is 2.36. The van der Waals surface area contributed by atoms with Crippen molar-refractivity contribution in [2.45, 2.75) is 0 Å². The van der Waals surface area contributed by atoms with E-state index < -0.39 is 36.1 Å². The highest BCUT2D eigenvalue weighted by Crippen LogP contribution is 2.28. The van der Waals surface area contributed by atoms with E-state index in [1.54, 1.807) is 24.3 Å². The van der Waals surface area contributed by atoms with Crippen LogP contribution in [0.15, 0.2) is 72.8 Å². The van der Waals surface area contributed by atoms with Crippen LogP contribution in [-0.4, -0.2) is 30.3 Å². The average molecular weight is 418 g/mol. The monoisotopic (exact) mass is 418 g/mol. The van der Waals surface area contributed by atoms with Crippen LogP contribution in [0.3, 0.4) is 0 Å². The Morgan fingerprint density at radius 3 is 2.23 bits per heavy atom. The number of fused-ring (bicyclic) bond motifs is 1. The molecule has 31 heavy (non-hydrogen) atoms. The van der Waals surface area contributed by atoms with Gasteiger partial charge in [0.15, 0.2) is 6.61 Å². The van der Waals surface area contributed by atoms with Gasteiger partial charge in [0.25, 0.3) is 17.7 Å². The van der Waals surface area contributed by atoms with Gasteiger partial charge in [-0.2, -0.15) is 0 Å². The zero-order valence-corrected chi connectivity index (χ0v) is 16.0. The van der Waals surface area contributed by atoms with Crippen LogP contribution in [-0.2, 0) is 9.53 Å². The smallest absolute Gasteiger partial charge is 0.338 e. The summed E-state index contributed by atoms with van der Waals surface area (Å²) in [6, 6.07) is 17.5. The fourth-order valence-electron chi connectivity index (χ4n) is 3.17. The van der Waals surface area contributed by atoms with Crippen LogP contribution in [0.4, 0.5) is 15.8 Å². The van der Waals surface area contributed by atoms with Crippen LogP contribution in [0.25, 0.3) is 0 Å². The fraction of sp³-hybridized carbons (Fsp3) is 0.0435. The molecule has 3 aromatic carbocycles. The number of halogens is 1. The SMILES string of the molecule is O=C(COC(=O)c1cccc(N2C(=O)c3ccccc3C2=O)c1)Nc1cccc(F)c1. The summed E-state index contributed by atoms with van der Waals surface area (Å²) in [4.78, 5) is 50.5. The van der Waals surface area contributed by atoms with Gasteiger partial charge in [0.05, 0.1) is 22.4 Å². The van der Waals surface area contributed by atoms with Crippen LogP contribution in [0.1, 0.15) is 31.1 Å². The van der Waals surface area contributed by atoms with Crippen molar-refractivity contribution < 1.29 is 28.3 Å². The lowest BCUT2D eigenvalue weighted by molar-refractivity contribution is -0.119. The quantitative estimate of drug-likeness (QED) is 0.506. The van der Waals surface area contributed by atoms with E-state index in [1.165, 1.54) is 42.5 Å². The first-order valence-corrected chi connectivity index (χ1v) is 9.24. The minimum atomic E-state index is -0.812. The molecule has 8 heteroatoms. The molecule has 0 fully saturated rings. The lowest BCUT2D eigenvalue weighted by atomic mass is 10.1. The molecular formula is C23H15FN2O5. The number of hydrogen-bond donors (Lipinski definition) is 1. The first-order valence-electron chi connectivity index (χ1n) is 9.24. The maximum Gasteiger partial charge on any atom is 0.338 e. The molecule has 3 aromatic rings. The van der Waals surface area contributed by atoms with Gasteiger partial charge >= 0.3 is 5.97 Å². The first-order chi connectivity index (χ1) is 14.9. The summed E-state index contributed by atoms with van der Waals surface area (Å²) in [5, 5.41) is 2.41. The van der Waals surface area contributed by atoms with Gasteiger partial charge in [0.2, 0.25) is 0 Å². The number of ether oxygens (including phenoxy) is 1. The van der Waals surface area contributed by atoms with Gasteiger partial charge in [-0.05, 0) is 48.5 Å². The number of carbonyl (C=O) groups excluding carboxylic acids is 4. The normalized spacial score (nSPS) is 12.5. The molecule has 1 aliphatic heterocycles. The van der Waals surface area contributed by atoms with Gasteiger partial charge in [-0.25, -0.2) is 14.1 Å². The summed E-state index contributed by atoms with van der Waals surface area (Å²) in [5.41, 5.74) is 1.08. The van der Waals surface area contributed by atoms with E-state index >= 15 is 0 Å². The number of hydrogen-bond acceptors (Lipinski definition) is 5. The number of nitrogens with zero attached hydrogens (tertiary/aromatic N) is 1. The molecule has 0 atom stereocenters. The number of anilines is 2. The van der Waals surface area contributed by atoms with E-state index in [0.717, 1.165) is 11.0 Å². The number of nitrogens with one attached hydrogen (secondary N) is 1. The summed E-state index contributed by atoms with van der Waals surface area (Å²) in [7, 11) is 0. The van der Waals surface area contributed by atoms with Crippen molar-refractivity contribution in [1.29, 1.82) is 0 Å². The lowest BCUT2D eigenvalue weighted by Crippen LogP contribution is -2.29. The second kappa shape index (κ2) is 8.19. The van der Waals surface area contributed by atoms with Crippen molar-refractivity contribution in [2.75, 3.05) is 16.8 Å². The van der Waals surface area contributed by atoms with Gasteiger partial charge in [0, 0.05) is 5.69 Å². The van der Waals surface area contributed by atoms with Gasteiger partial charge in [-0.15, -0.1) is 0 Å². The predicted octanol–water partition coefficient (Wildman–Crippen LogP) is 3.42. The molecule has 1 heterocycles. The van der Waals surface area contributed by atoms with Gasteiger partial charge < -0.3 is 10.1 Å². The van der Waals surface area contributed by atoms with E-state index in [2.05, 4.69) is 5.32 Å². The zero-order valence-electron chi connectivity index (χ0n) is 16.0. The van der Waals surface area contributed by atoms with Crippen LogP contribution in [0.2, 0.25) is 0 Å². The van der Waals surface area contributed by atoms with E-state index in [9.17, 15) is 23.6 Å². The molecule has 1 N–H and O–H groups in total. The van der Waals surface area contributed by atoms with E-state index in [0.29, 0.717) is 0 Å². The minimum absolute atomic E-state index is 0.0626.